The topological polar surface area (TPSA) is 98.9 Å². The Balaban J connectivity index is 1.77. The van der Waals surface area contributed by atoms with Gasteiger partial charge in [0.25, 0.3) is 5.56 Å². The molecule has 2 heterocycles. The summed E-state index contributed by atoms with van der Waals surface area (Å²) >= 11 is 0. The second-order valence-electron chi connectivity index (χ2n) is 5.60. The molecule has 3 rings (SSSR count). The maximum Gasteiger partial charge on any atom is 0.417 e. The molecule has 12 heteroatoms. The van der Waals surface area contributed by atoms with Gasteiger partial charge in [0.2, 0.25) is 10.0 Å². The van der Waals surface area contributed by atoms with E-state index in [2.05, 4.69) is 14.9 Å². The van der Waals surface area contributed by atoms with Gasteiger partial charge in [-0.3, -0.25) is 4.79 Å². The highest BCUT2D eigenvalue weighted by Crippen LogP contribution is 2.33. The van der Waals surface area contributed by atoms with Crippen LogP contribution in [-0.4, -0.2) is 34.5 Å². The van der Waals surface area contributed by atoms with Crippen LogP contribution in [-0.2, 0) is 22.7 Å². The van der Waals surface area contributed by atoms with Crippen LogP contribution in [0.1, 0.15) is 5.56 Å². The van der Waals surface area contributed by atoms with Gasteiger partial charge < -0.3 is 0 Å². The Labute approximate surface area is 157 Å². The molecule has 0 saturated heterocycles. The molecular weight excluding hydrogens is 399 g/mol. The van der Waals surface area contributed by atoms with Crippen molar-refractivity contribution >= 4 is 10.0 Å². The molecule has 0 bridgehead atoms. The molecule has 0 spiro atoms. The number of rotatable bonds is 6. The zero-order chi connectivity index (χ0) is 20.4. The van der Waals surface area contributed by atoms with Crippen LogP contribution in [0.15, 0.2) is 64.5 Å². The van der Waals surface area contributed by atoms with Crippen LogP contribution in [0.25, 0.3) is 5.82 Å². The lowest BCUT2D eigenvalue weighted by Crippen LogP contribution is -2.33. The zero-order valence-corrected chi connectivity index (χ0v) is 15.0. The molecule has 0 saturated carbocycles. The van der Waals surface area contributed by atoms with E-state index in [-0.39, 0.29) is 13.1 Å². The number of hydrogen-bond acceptors (Lipinski definition) is 5. The summed E-state index contributed by atoms with van der Waals surface area (Å²) in [5, 5.41) is 8.02. The SMILES string of the molecule is O=c1ccc(-n2cccn2)nn1CCNS(=O)(=O)c1ccccc1C(F)(F)F. The summed E-state index contributed by atoms with van der Waals surface area (Å²) in [5.74, 6) is 0.329. The van der Waals surface area contributed by atoms with E-state index in [1.54, 1.807) is 12.3 Å². The first-order chi connectivity index (χ1) is 13.2. The highest BCUT2D eigenvalue weighted by Gasteiger charge is 2.36. The van der Waals surface area contributed by atoms with E-state index >= 15 is 0 Å². The Morgan fingerprint density at radius 3 is 2.50 bits per heavy atom. The third-order valence-electron chi connectivity index (χ3n) is 3.69. The number of alkyl halides is 3. The van der Waals surface area contributed by atoms with Crippen molar-refractivity contribution in [1.82, 2.24) is 24.3 Å². The minimum Gasteiger partial charge on any atom is -0.268 e. The maximum atomic E-state index is 13.0. The maximum absolute atomic E-state index is 13.0. The minimum atomic E-state index is -4.82. The van der Waals surface area contributed by atoms with Crippen molar-refractivity contribution in [2.24, 2.45) is 0 Å². The minimum absolute atomic E-state index is 0.179. The highest BCUT2D eigenvalue weighted by molar-refractivity contribution is 7.89. The van der Waals surface area contributed by atoms with Crippen molar-refractivity contribution in [3.05, 3.63) is 70.8 Å². The quantitative estimate of drug-likeness (QED) is 0.659. The molecule has 8 nitrogen and oxygen atoms in total. The normalized spacial score (nSPS) is 12.2. The van der Waals surface area contributed by atoms with E-state index in [1.807, 2.05) is 0 Å². The van der Waals surface area contributed by atoms with Gasteiger partial charge >= 0.3 is 6.18 Å². The fourth-order valence-corrected chi connectivity index (χ4v) is 3.67. The van der Waals surface area contributed by atoms with Gasteiger partial charge in [-0.25, -0.2) is 22.5 Å². The van der Waals surface area contributed by atoms with Crippen molar-refractivity contribution in [2.45, 2.75) is 17.6 Å². The summed E-state index contributed by atoms with van der Waals surface area (Å²) in [7, 11) is -4.44. The summed E-state index contributed by atoms with van der Waals surface area (Å²) in [5.41, 5.74) is -1.76. The largest absolute Gasteiger partial charge is 0.417 e. The number of nitrogens with zero attached hydrogens (tertiary/aromatic N) is 4. The van der Waals surface area contributed by atoms with E-state index in [1.165, 1.54) is 29.1 Å². The molecule has 0 unspecified atom stereocenters. The second-order valence-corrected chi connectivity index (χ2v) is 7.33. The standard InChI is InChI=1S/C16H14F3N5O3S/c17-16(18,19)12-4-1-2-5-13(12)28(26,27)21-9-11-24-15(25)7-6-14(22-24)23-10-3-8-20-23/h1-8,10,21H,9,11H2. The van der Waals surface area contributed by atoms with Crippen LogP contribution in [0, 0.1) is 0 Å². The average molecular weight is 413 g/mol. The van der Waals surface area contributed by atoms with Crippen LogP contribution in [0.3, 0.4) is 0 Å². The van der Waals surface area contributed by atoms with Crippen LogP contribution < -0.4 is 10.3 Å². The van der Waals surface area contributed by atoms with E-state index in [4.69, 9.17) is 0 Å². The molecule has 0 aliphatic rings. The number of sulfonamides is 1. The summed E-state index contributed by atoms with van der Waals surface area (Å²) in [6.45, 7) is -0.509. The molecule has 0 radical (unpaired) electrons. The molecule has 3 aromatic rings. The Kier molecular flexibility index (Phi) is 5.34. The van der Waals surface area contributed by atoms with Gasteiger partial charge in [-0.1, -0.05) is 12.1 Å². The molecule has 0 atom stereocenters. The van der Waals surface area contributed by atoms with Crippen molar-refractivity contribution in [3.8, 4) is 5.82 Å². The third-order valence-corrected chi connectivity index (χ3v) is 5.21. The van der Waals surface area contributed by atoms with Crippen LogP contribution in [0.2, 0.25) is 0 Å². The molecule has 0 fully saturated rings. The number of benzene rings is 1. The number of aromatic nitrogens is 4. The van der Waals surface area contributed by atoms with Crippen LogP contribution in [0.5, 0.6) is 0 Å². The van der Waals surface area contributed by atoms with Gasteiger partial charge in [0.15, 0.2) is 5.82 Å². The lowest BCUT2D eigenvalue weighted by atomic mass is 10.2. The molecule has 2 aromatic heterocycles. The first-order valence-electron chi connectivity index (χ1n) is 7.92. The molecular formula is C16H14F3N5O3S. The molecule has 0 aliphatic carbocycles. The van der Waals surface area contributed by atoms with Crippen molar-refractivity contribution < 1.29 is 21.6 Å². The summed E-state index contributed by atoms with van der Waals surface area (Å²) in [6.07, 6.45) is -1.70. The predicted octanol–water partition coefficient (Wildman–Crippen LogP) is 1.43. The van der Waals surface area contributed by atoms with E-state index < -0.39 is 32.2 Å². The van der Waals surface area contributed by atoms with E-state index in [0.717, 1.165) is 16.8 Å². The molecule has 1 aromatic carbocycles. The molecule has 1 N–H and O–H groups in total. The summed E-state index contributed by atoms with van der Waals surface area (Å²) in [6, 6.07) is 8.19. The van der Waals surface area contributed by atoms with Gasteiger partial charge in [0.1, 0.15) is 0 Å². The van der Waals surface area contributed by atoms with Crippen molar-refractivity contribution in [3.63, 3.8) is 0 Å². The van der Waals surface area contributed by atoms with Gasteiger partial charge in [-0.15, -0.1) is 5.10 Å². The van der Waals surface area contributed by atoms with E-state index in [9.17, 15) is 26.4 Å². The highest BCUT2D eigenvalue weighted by atomic mass is 32.2. The van der Waals surface area contributed by atoms with E-state index in [0.29, 0.717) is 11.9 Å². The lowest BCUT2D eigenvalue weighted by Gasteiger charge is -2.14. The fourth-order valence-electron chi connectivity index (χ4n) is 2.42. The number of nitrogens with one attached hydrogen (secondary N) is 1. The summed E-state index contributed by atoms with van der Waals surface area (Å²) < 4.78 is 68.2. The lowest BCUT2D eigenvalue weighted by molar-refractivity contribution is -0.139. The van der Waals surface area contributed by atoms with Crippen molar-refractivity contribution in [1.29, 1.82) is 0 Å². The number of hydrogen-bond donors (Lipinski definition) is 1. The number of halogens is 3. The third kappa shape index (κ3) is 4.28. The van der Waals surface area contributed by atoms with Crippen molar-refractivity contribution in [2.75, 3.05) is 6.54 Å². The van der Waals surface area contributed by atoms with Gasteiger partial charge in [-0.2, -0.15) is 18.3 Å². The summed E-state index contributed by atoms with van der Waals surface area (Å²) in [4.78, 5) is 11.0. The van der Waals surface area contributed by atoms with Crippen LogP contribution in [0.4, 0.5) is 13.2 Å². The monoisotopic (exact) mass is 413 g/mol. The van der Waals surface area contributed by atoms with Gasteiger partial charge in [0, 0.05) is 25.0 Å². The Hall–Kier alpha value is -2.99. The predicted molar refractivity (Wildman–Crippen MR) is 92.3 cm³/mol. The van der Waals surface area contributed by atoms with Gasteiger partial charge in [-0.05, 0) is 24.3 Å². The first kappa shape index (κ1) is 19.8. The molecule has 0 aliphatic heterocycles. The molecule has 0 amide bonds. The Bertz CT molecular complexity index is 1120. The van der Waals surface area contributed by atoms with Gasteiger partial charge in [0.05, 0.1) is 17.0 Å². The zero-order valence-electron chi connectivity index (χ0n) is 14.2. The second kappa shape index (κ2) is 7.56. The van der Waals surface area contributed by atoms with Crippen LogP contribution >= 0.6 is 0 Å². The smallest absolute Gasteiger partial charge is 0.268 e. The first-order valence-corrected chi connectivity index (χ1v) is 9.41. The fraction of sp³-hybridized carbons (Fsp3) is 0.188. The average Bonchev–Trinajstić information content (AvgIpc) is 3.17. The molecule has 148 valence electrons. The molecule has 28 heavy (non-hydrogen) atoms. The Morgan fingerprint density at radius 1 is 1.07 bits per heavy atom. The Morgan fingerprint density at radius 2 is 1.82 bits per heavy atom.